The fraction of sp³-hybridized carbons (Fsp3) is 0.917. The van der Waals surface area contributed by atoms with Gasteiger partial charge in [0, 0.05) is 12.6 Å². The van der Waals surface area contributed by atoms with Crippen LogP contribution in [0, 0.1) is 11.8 Å². The second kappa shape index (κ2) is 3.48. The Morgan fingerprint density at radius 2 is 1.80 bits per heavy atom. The third kappa shape index (κ3) is 1.48. The van der Waals surface area contributed by atoms with E-state index in [-0.39, 0.29) is 11.9 Å². The maximum absolute atomic E-state index is 11.8. The number of carbonyl (C=O) groups excluding carboxylic acids is 1. The van der Waals surface area contributed by atoms with Crippen molar-refractivity contribution in [1.82, 2.24) is 4.90 Å². The Morgan fingerprint density at radius 3 is 2.33 bits per heavy atom. The highest BCUT2D eigenvalue weighted by Crippen LogP contribution is 2.46. The van der Waals surface area contributed by atoms with Gasteiger partial charge >= 0.3 is 0 Å². The number of amides is 1. The quantitative estimate of drug-likeness (QED) is 0.702. The normalized spacial score (nSPS) is 45.1. The van der Waals surface area contributed by atoms with E-state index >= 15 is 0 Å². The van der Waals surface area contributed by atoms with Crippen molar-refractivity contribution in [3.8, 4) is 0 Å². The SMILES string of the molecule is NC1CCN(C2CC3CCCC3C2)C1=O. The second-order valence-electron chi connectivity index (χ2n) is 5.50. The summed E-state index contributed by atoms with van der Waals surface area (Å²) in [5.74, 6) is 2.04. The van der Waals surface area contributed by atoms with Crippen molar-refractivity contribution in [2.75, 3.05) is 6.54 Å². The molecule has 2 N–H and O–H groups in total. The lowest BCUT2D eigenvalue weighted by molar-refractivity contribution is -0.130. The summed E-state index contributed by atoms with van der Waals surface area (Å²) >= 11 is 0. The molecule has 3 nitrogen and oxygen atoms in total. The summed E-state index contributed by atoms with van der Waals surface area (Å²) < 4.78 is 0. The van der Waals surface area contributed by atoms with Crippen LogP contribution >= 0.6 is 0 Å². The average molecular weight is 208 g/mol. The summed E-state index contributed by atoms with van der Waals surface area (Å²) in [6.07, 6.45) is 7.58. The molecule has 3 heteroatoms. The summed E-state index contributed by atoms with van der Waals surface area (Å²) in [4.78, 5) is 13.9. The van der Waals surface area contributed by atoms with Gasteiger partial charge in [-0.2, -0.15) is 0 Å². The summed E-state index contributed by atoms with van der Waals surface area (Å²) in [6, 6.07) is 0.326. The molecule has 0 bridgehead atoms. The van der Waals surface area contributed by atoms with Crippen molar-refractivity contribution in [3.05, 3.63) is 0 Å². The first-order chi connectivity index (χ1) is 7.25. The minimum Gasteiger partial charge on any atom is -0.338 e. The number of nitrogens with zero attached hydrogens (tertiary/aromatic N) is 1. The van der Waals surface area contributed by atoms with Crippen LogP contribution in [-0.2, 0) is 4.79 Å². The highest BCUT2D eigenvalue weighted by Gasteiger charge is 2.43. The van der Waals surface area contributed by atoms with E-state index < -0.39 is 0 Å². The van der Waals surface area contributed by atoms with E-state index in [2.05, 4.69) is 4.90 Å². The van der Waals surface area contributed by atoms with E-state index in [4.69, 9.17) is 5.73 Å². The second-order valence-corrected chi connectivity index (χ2v) is 5.50. The minimum atomic E-state index is -0.203. The fourth-order valence-electron chi connectivity index (χ4n) is 3.87. The molecule has 1 amide bonds. The highest BCUT2D eigenvalue weighted by molar-refractivity contribution is 5.84. The zero-order valence-corrected chi connectivity index (χ0v) is 9.19. The molecule has 0 spiro atoms. The molecule has 2 aliphatic carbocycles. The molecule has 0 radical (unpaired) electrons. The van der Waals surface area contributed by atoms with Crippen LogP contribution in [0.2, 0.25) is 0 Å². The molecule has 0 aromatic carbocycles. The van der Waals surface area contributed by atoms with E-state index in [0.29, 0.717) is 6.04 Å². The molecule has 3 unspecified atom stereocenters. The number of hydrogen-bond donors (Lipinski definition) is 1. The number of rotatable bonds is 1. The van der Waals surface area contributed by atoms with Crippen molar-refractivity contribution < 1.29 is 4.79 Å². The van der Waals surface area contributed by atoms with Crippen LogP contribution in [-0.4, -0.2) is 29.4 Å². The first-order valence-corrected chi connectivity index (χ1v) is 6.32. The van der Waals surface area contributed by atoms with Gasteiger partial charge in [0.05, 0.1) is 6.04 Å². The summed E-state index contributed by atoms with van der Waals surface area (Å²) in [5.41, 5.74) is 5.76. The lowest BCUT2D eigenvalue weighted by atomic mass is 10.0. The molecular weight excluding hydrogens is 188 g/mol. The molecule has 0 aromatic rings. The van der Waals surface area contributed by atoms with Crippen LogP contribution in [0.4, 0.5) is 0 Å². The van der Waals surface area contributed by atoms with Gasteiger partial charge in [-0.3, -0.25) is 4.79 Å². The fourth-order valence-corrected chi connectivity index (χ4v) is 3.87. The number of carbonyl (C=O) groups is 1. The van der Waals surface area contributed by atoms with Crippen molar-refractivity contribution >= 4 is 5.91 Å². The van der Waals surface area contributed by atoms with E-state index in [1.54, 1.807) is 0 Å². The van der Waals surface area contributed by atoms with Crippen LogP contribution in [0.25, 0.3) is 0 Å². The van der Waals surface area contributed by atoms with Gasteiger partial charge in [0.15, 0.2) is 0 Å². The molecule has 1 saturated heterocycles. The third-order valence-electron chi connectivity index (χ3n) is 4.69. The van der Waals surface area contributed by atoms with Gasteiger partial charge in [0.1, 0.15) is 0 Å². The molecule has 1 heterocycles. The van der Waals surface area contributed by atoms with Gasteiger partial charge in [-0.05, 0) is 31.1 Å². The van der Waals surface area contributed by atoms with Crippen LogP contribution in [0.15, 0.2) is 0 Å². The Kier molecular flexibility index (Phi) is 2.23. The Bertz CT molecular complexity index is 267. The van der Waals surface area contributed by atoms with Crippen LogP contribution < -0.4 is 5.73 Å². The van der Waals surface area contributed by atoms with Crippen LogP contribution in [0.3, 0.4) is 0 Å². The zero-order valence-electron chi connectivity index (χ0n) is 9.19. The minimum absolute atomic E-state index is 0.203. The molecule has 3 atom stereocenters. The van der Waals surface area contributed by atoms with E-state index in [9.17, 15) is 4.79 Å². The predicted molar refractivity (Wildman–Crippen MR) is 58.2 cm³/mol. The Labute approximate surface area is 91.0 Å². The standard InChI is InChI=1S/C12H20N2O/c13-11-4-5-14(12(11)15)10-6-8-2-1-3-9(8)7-10/h8-11H,1-7,13H2. The number of likely N-dealkylation sites (tertiary alicyclic amines) is 1. The molecular formula is C12H20N2O. The maximum atomic E-state index is 11.8. The average Bonchev–Trinajstić information content (AvgIpc) is 2.82. The number of nitrogens with two attached hydrogens (primary N) is 1. The molecule has 84 valence electrons. The summed E-state index contributed by atoms with van der Waals surface area (Å²) in [5, 5.41) is 0. The first kappa shape index (κ1) is 9.64. The van der Waals surface area contributed by atoms with E-state index in [1.807, 2.05) is 0 Å². The zero-order chi connectivity index (χ0) is 10.4. The van der Waals surface area contributed by atoms with Gasteiger partial charge in [-0.1, -0.05) is 19.3 Å². The van der Waals surface area contributed by atoms with Gasteiger partial charge < -0.3 is 10.6 Å². The number of hydrogen-bond acceptors (Lipinski definition) is 2. The summed E-state index contributed by atoms with van der Waals surface area (Å²) in [6.45, 7) is 0.907. The van der Waals surface area contributed by atoms with Crippen molar-refractivity contribution in [1.29, 1.82) is 0 Å². The molecule has 15 heavy (non-hydrogen) atoms. The highest BCUT2D eigenvalue weighted by atomic mass is 16.2. The van der Waals surface area contributed by atoms with Crippen molar-refractivity contribution in [2.24, 2.45) is 17.6 Å². The molecule has 3 rings (SSSR count). The Hall–Kier alpha value is -0.570. The molecule has 2 saturated carbocycles. The third-order valence-corrected chi connectivity index (χ3v) is 4.69. The Morgan fingerprint density at radius 1 is 1.13 bits per heavy atom. The molecule has 0 aromatic heterocycles. The monoisotopic (exact) mass is 208 g/mol. The lowest BCUT2D eigenvalue weighted by Crippen LogP contribution is -2.39. The predicted octanol–water partition coefficient (Wildman–Crippen LogP) is 1.12. The van der Waals surface area contributed by atoms with Crippen LogP contribution in [0.5, 0.6) is 0 Å². The van der Waals surface area contributed by atoms with Gasteiger partial charge in [0.25, 0.3) is 0 Å². The smallest absolute Gasteiger partial charge is 0.239 e. The topological polar surface area (TPSA) is 46.3 Å². The van der Waals surface area contributed by atoms with E-state index in [0.717, 1.165) is 24.8 Å². The largest absolute Gasteiger partial charge is 0.338 e. The molecule has 3 fully saturated rings. The van der Waals surface area contributed by atoms with Gasteiger partial charge in [0.2, 0.25) is 5.91 Å². The first-order valence-electron chi connectivity index (χ1n) is 6.32. The van der Waals surface area contributed by atoms with Crippen molar-refractivity contribution in [2.45, 2.75) is 50.6 Å². The summed E-state index contributed by atoms with van der Waals surface area (Å²) in [7, 11) is 0. The van der Waals surface area contributed by atoms with Gasteiger partial charge in [-0.15, -0.1) is 0 Å². The Balaban J connectivity index is 1.67. The van der Waals surface area contributed by atoms with E-state index in [1.165, 1.54) is 32.1 Å². The van der Waals surface area contributed by atoms with Crippen molar-refractivity contribution in [3.63, 3.8) is 0 Å². The molecule has 1 aliphatic heterocycles. The molecule has 3 aliphatic rings. The maximum Gasteiger partial charge on any atom is 0.239 e. The van der Waals surface area contributed by atoms with Gasteiger partial charge in [-0.25, -0.2) is 0 Å². The van der Waals surface area contributed by atoms with Crippen LogP contribution in [0.1, 0.15) is 38.5 Å². The lowest BCUT2D eigenvalue weighted by Gasteiger charge is -2.24. The number of fused-ring (bicyclic) bond motifs is 1.